The van der Waals surface area contributed by atoms with Crippen molar-refractivity contribution in [3.63, 3.8) is 0 Å². The van der Waals surface area contributed by atoms with Crippen LogP contribution in [0.1, 0.15) is 15.9 Å². The normalized spacial score (nSPS) is 10.8. The van der Waals surface area contributed by atoms with Gasteiger partial charge in [0.1, 0.15) is 5.65 Å². The van der Waals surface area contributed by atoms with Crippen molar-refractivity contribution in [1.29, 1.82) is 0 Å². The van der Waals surface area contributed by atoms with Crippen molar-refractivity contribution in [3.05, 3.63) is 88.7 Å². The number of fused-ring (bicyclic) bond motifs is 1. The quantitative estimate of drug-likeness (QED) is 0.383. The van der Waals surface area contributed by atoms with Crippen LogP contribution in [-0.4, -0.2) is 21.8 Å². The largest absolute Gasteiger partial charge is 0.345 e. The molecule has 0 saturated heterocycles. The van der Waals surface area contributed by atoms with Crippen LogP contribution in [0.3, 0.4) is 0 Å². The number of carbonyl (C=O) groups excluding carboxylic acids is 2. The molecule has 0 saturated carbocycles. The molecule has 0 aliphatic heterocycles. The molecule has 9 heteroatoms. The number of halogens is 3. The number of H-pyrrole nitrogens is 1. The van der Waals surface area contributed by atoms with Gasteiger partial charge in [-0.3, -0.25) is 4.79 Å². The molecule has 0 aliphatic rings. The summed E-state index contributed by atoms with van der Waals surface area (Å²) in [5.74, 6) is -2.37. The van der Waals surface area contributed by atoms with Crippen molar-refractivity contribution in [2.75, 3.05) is 10.6 Å². The summed E-state index contributed by atoms with van der Waals surface area (Å²) in [6.07, 6.45) is 3.02. The number of anilines is 2. The van der Waals surface area contributed by atoms with Gasteiger partial charge in [-0.1, -0.05) is 23.7 Å². The Labute approximate surface area is 173 Å². The number of nitrogens with one attached hydrogen (secondary N) is 3. The van der Waals surface area contributed by atoms with Crippen molar-refractivity contribution < 1.29 is 18.4 Å². The smallest absolute Gasteiger partial charge is 0.323 e. The third-order valence-electron chi connectivity index (χ3n) is 4.30. The van der Waals surface area contributed by atoms with Gasteiger partial charge in [0.15, 0.2) is 17.4 Å². The van der Waals surface area contributed by atoms with Gasteiger partial charge in [-0.2, -0.15) is 0 Å². The molecule has 2 aromatic carbocycles. The van der Waals surface area contributed by atoms with Gasteiger partial charge in [0.05, 0.1) is 5.02 Å². The average Bonchev–Trinajstić information content (AvgIpc) is 3.13. The van der Waals surface area contributed by atoms with E-state index in [-0.39, 0.29) is 11.5 Å². The summed E-state index contributed by atoms with van der Waals surface area (Å²) in [7, 11) is 0. The number of amides is 2. The fourth-order valence-corrected chi connectivity index (χ4v) is 3.08. The van der Waals surface area contributed by atoms with E-state index in [2.05, 4.69) is 20.6 Å². The standard InChI is InChI=1S/C21H13ClF2N4O2/c22-12-7-15-16(10-26-20(15)25-9-12)19(29)11-2-1-3-13(6-11)27-21(30)28-14-4-5-17(23)18(24)8-14/h1-10H,(H,25,26)(H2,27,28,30). The molecule has 2 heterocycles. The molecular formula is C21H13ClF2N4O2. The van der Waals surface area contributed by atoms with Crippen LogP contribution in [0, 0.1) is 11.6 Å². The van der Waals surface area contributed by atoms with E-state index in [0.29, 0.717) is 32.9 Å². The number of aromatic amines is 1. The highest BCUT2D eigenvalue weighted by atomic mass is 35.5. The minimum Gasteiger partial charge on any atom is -0.345 e. The molecule has 0 bridgehead atoms. The first kappa shape index (κ1) is 19.5. The van der Waals surface area contributed by atoms with E-state index in [1.807, 2.05) is 0 Å². The Balaban J connectivity index is 1.53. The molecule has 0 atom stereocenters. The summed E-state index contributed by atoms with van der Waals surface area (Å²) in [5, 5.41) is 5.94. The molecule has 150 valence electrons. The van der Waals surface area contributed by atoms with Crippen molar-refractivity contribution in [2.24, 2.45) is 0 Å². The van der Waals surface area contributed by atoms with Crippen molar-refractivity contribution >= 4 is 45.8 Å². The summed E-state index contributed by atoms with van der Waals surface area (Å²) in [6, 6.07) is 10.3. The molecule has 2 amide bonds. The first-order chi connectivity index (χ1) is 14.4. The Morgan fingerprint density at radius 3 is 2.50 bits per heavy atom. The molecule has 6 nitrogen and oxygen atoms in total. The topological polar surface area (TPSA) is 86.9 Å². The monoisotopic (exact) mass is 426 g/mol. The Morgan fingerprint density at radius 1 is 0.967 bits per heavy atom. The molecule has 4 rings (SSSR count). The predicted octanol–water partition coefficient (Wildman–Crippen LogP) is 5.37. The van der Waals surface area contributed by atoms with Gasteiger partial charge in [-0.25, -0.2) is 18.6 Å². The lowest BCUT2D eigenvalue weighted by atomic mass is 10.0. The predicted molar refractivity (Wildman–Crippen MR) is 110 cm³/mol. The second kappa shape index (κ2) is 7.92. The van der Waals surface area contributed by atoms with Crippen LogP contribution in [0.15, 0.2) is 60.9 Å². The fourth-order valence-electron chi connectivity index (χ4n) is 2.93. The molecule has 0 radical (unpaired) electrons. The van der Waals surface area contributed by atoms with E-state index in [9.17, 15) is 18.4 Å². The summed E-state index contributed by atoms with van der Waals surface area (Å²) in [6.45, 7) is 0. The van der Waals surface area contributed by atoms with E-state index in [0.717, 1.165) is 12.1 Å². The first-order valence-corrected chi connectivity index (χ1v) is 9.09. The average molecular weight is 427 g/mol. The van der Waals surface area contributed by atoms with Gasteiger partial charge < -0.3 is 15.6 Å². The number of rotatable bonds is 4. The summed E-state index contributed by atoms with van der Waals surface area (Å²) in [4.78, 5) is 32.1. The number of hydrogen-bond donors (Lipinski definition) is 3. The van der Waals surface area contributed by atoms with Crippen LogP contribution in [0.25, 0.3) is 11.0 Å². The highest BCUT2D eigenvalue weighted by Gasteiger charge is 2.16. The van der Waals surface area contributed by atoms with Crippen LogP contribution in [-0.2, 0) is 0 Å². The zero-order valence-corrected chi connectivity index (χ0v) is 15.9. The second-order valence-corrected chi connectivity index (χ2v) is 6.81. The summed E-state index contributed by atoms with van der Waals surface area (Å²) >= 11 is 5.98. The lowest BCUT2D eigenvalue weighted by molar-refractivity contribution is 0.104. The van der Waals surface area contributed by atoms with Gasteiger partial charge in [-0.15, -0.1) is 0 Å². The molecule has 4 aromatic rings. The number of pyridine rings is 1. The highest BCUT2D eigenvalue weighted by Crippen LogP contribution is 2.24. The minimum atomic E-state index is -1.08. The third-order valence-corrected chi connectivity index (χ3v) is 4.51. The molecule has 0 fully saturated rings. The van der Waals surface area contributed by atoms with E-state index in [1.54, 1.807) is 30.5 Å². The third kappa shape index (κ3) is 3.99. The fraction of sp³-hybridized carbons (Fsp3) is 0. The summed E-state index contributed by atoms with van der Waals surface area (Å²) in [5.41, 5.74) is 1.69. The van der Waals surface area contributed by atoms with Crippen LogP contribution in [0.2, 0.25) is 5.02 Å². The molecule has 0 aliphatic carbocycles. The zero-order chi connectivity index (χ0) is 21.3. The van der Waals surface area contributed by atoms with E-state index in [4.69, 9.17) is 11.6 Å². The lowest BCUT2D eigenvalue weighted by Gasteiger charge is -2.09. The van der Waals surface area contributed by atoms with Crippen LogP contribution in [0.4, 0.5) is 25.0 Å². The van der Waals surface area contributed by atoms with Crippen LogP contribution < -0.4 is 10.6 Å². The van der Waals surface area contributed by atoms with Crippen LogP contribution in [0.5, 0.6) is 0 Å². The van der Waals surface area contributed by atoms with Gasteiger partial charge in [-0.05, 0) is 30.3 Å². The SMILES string of the molecule is O=C(Nc1cccc(C(=O)c2c[nH]c3ncc(Cl)cc23)c1)Nc1ccc(F)c(F)c1. The van der Waals surface area contributed by atoms with Crippen LogP contribution >= 0.6 is 11.6 Å². The molecule has 30 heavy (non-hydrogen) atoms. The van der Waals surface area contributed by atoms with Gasteiger partial charge in [0, 0.05) is 46.3 Å². The maximum Gasteiger partial charge on any atom is 0.323 e. The van der Waals surface area contributed by atoms with Gasteiger partial charge in [0.2, 0.25) is 0 Å². The Kier molecular flexibility index (Phi) is 5.16. The molecule has 3 N–H and O–H groups in total. The molecular weight excluding hydrogens is 414 g/mol. The number of hydrogen-bond acceptors (Lipinski definition) is 3. The number of carbonyl (C=O) groups is 2. The van der Waals surface area contributed by atoms with Crippen molar-refractivity contribution in [2.45, 2.75) is 0 Å². The molecule has 2 aromatic heterocycles. The maximum atomic E-state index is 13.3. The minimum absolute atomic E-state index is 0.0850. The Bertz CT molecular complexity index is 1290. The van der Waals surface area contributed by atoms with E-state index >= 15 is 0 Å². The first-order valence-electron chi connectivity index (χ1n) is 8.71. The Morgan fingerprint density at radius 2 is 1.73 bits per heavy atom. The second-order valence-electron chi connectivity index (χ2n) is 6.37. The van der Waals surface area contributed by atoms with Gasteiger partial charge in [0.25, 0.3) is 0 Å². The van der Waals surface area contributed by atoms with E-state index < -0.39 is 17.7 Å². The highest BCUT2D eigenvalue weighted by molar-refractivity contribution is 6.31. The number of nitrogens with zero attached hydrogens (tertiary/aromatic N) is 1. The number of benzene rings is 2. The number of aromatic nitrogens is 2. The maximum absolute atomic E-state index is 13.3. The van der Waals surface area contributed by atoms with E-state index in [1.165, 1.54) is 18.3 Å². The Hall–Kier alpha value is -3.78. The van der Waals surface area contributed by atoms with Crippen molar-refractivity contribution in [1.82, 2.24) is 9.97 Å². The molecule has 0 unspecified atom stereocenters. The number of urea groups is 1. The number of ketones is 1. The van der Waals surface area contributed by atoms with Crippen molar-refractivity contribution in [3.8, 4) is 0 Å². The van der Waals surface area contributed by atoms with Gasteiger partial charge >= 0.3 is 6.03 Å². The zero-order valence-electron chi connectivity index (χ0n) is 15.2. The molecule has 0 spiro atoms. The summed E-state index contributed by atoms with van der Waals surface area (Å²) < 4.78 is 26.3. The lowest BCUT2D eigenvalue weighted by Crippen LogP contribution is -2.19.